The Morgan fingerprint density at radius 2 is 1.68 bits per heavy atom. The predicted molar refractivity (Wildman–Crippen MR) is 114 cm³/mol. The summed E-state index contributed by atoms with van der Waals surface area (Å²) in [5.41, 5.74) is 0.728. The number of ether oxygens (including phenoxy) is 1. The van der Waals surface area contributed by atoms with Crippen LogP contribution in [0.4, 0.5) is 5.00 Å². The number of nitrogens with one attached hydrogen (secondary N) is 3. The molecule has 1 heterocycles. The fourth-order valence-electron chi connectivity index (χ4n) is 2.06. The molecule has 0 radical (unpaired) electrons. The van der Waals surface area contributed by atoms with Crippen LogP contribution in [0.5, 0.6) is 0 Å². The highest BCUT2D eigenvalue weighted by molar-refractivity contribution is 7.18. The van der Waals surface area contributed by atoms with E-state index < -0.39 is 17.9 Å². The van der Waals surface area contributed by atoms with Crippen LogP contribution in [0, 0.1) is 6.92 Å². The quantitative estimate of drug-likeness (QED) is 0.189. The van der Waals surface area contributed by atoms with Crippen LogP contribution >= 0.6 is 11.3 Å². The van der Waals surface area contributed by atoms with Gasteiger partial charge in [0.2, 0.25) is 5.91 Å². The number of thiophene rings is 1. The van der Waals surface area contributed by atoms with E-state index in [2.05, 4.69) is 16.0 Å². The summed E-state index contributed by atoms with van der Waals surface area (Å²) in [6.45, 7) is 5.16. The molecular weight excluding hydrogens is 432 g/mol. The Kier molecular flexibility index (Phi) is 12.7. The minimum absolute atomic E-state index is 0.113. The van der Waals surface area contributed by atoms with Crippen LogP contribution in [-0.2, 0) is 19.1 Å². The molecule has 0 aliphatic rings. The van der Waals surface area contributed by atoms with Gasteiger partial charge in [-0.25, -0.2) is 14.4 Å². The topological polar surface area (TPSA) is 174 Å². The van der Waals surface area contributed by atoms with E-state index in [1.54, 1.807) is 13.8 Å². The second-order valence-corrected chi connectivity index (χ2v) is 7.22. The van der Waals surface area contributed by atoms with Crippen molar-refractivity contribution in [2.45, 2.75) is 13.8 Å². The first kappa shape index (κ1) is 28.0. The number of rotatable bonds is 9. The van der Waals surface area contributed by atoms with Crippen molar-refractivity contribution in [3.05, 3.63) is 16.0 Å². The first-order valence-corrected chi connectivity index (χ1v) is 9.91. The Labute approximate surface area is 183 Å². The lowest BCUT2D eigenvalue weighted by atomic mass is 10.1. The van der Waals surface area contributed by atoms with E-state index in [0.717, 1.165) is 17.9 Å². The highest BCUT2D eigenvalue weighted by Gasteiger charge is 2.26. The number of esters is 1. The molecule has 0 saturated heterocycles. The lowest BCUT2D eigenvalue weighted by Crippen LogP contribution is -2.33. The molecule has 0 saturated carbocycles. The third-order valence-corrected chi connectivity index (χ3v) is 4.72. The Morgan fingerprint density at radius 3 is 2.13 bits per heavy atom. The molecule has 0 spiro atoms. The number of hydrogen-bond acceptors (Lipinski definition) is 9. The SMILES string of the molecule is CCOC(=O)c1c(NC(=O)CNCCN(C)C)sc(C(=O)NC)c1C.O=C(O)C(=O)O. The molecule has 1 aromatic rings. The number of anilines is 1. The monoisotopic (exact) mass is 460 g/mol. The number of hydrogen-bond donors (Lipinski definition) is 5. The van der Waals surface area contributed by atoms with Gasteiger partial charge in [-0.1, -0.05) is 0 Å². The van der Waals surface area contributed by atoms with E-state index >= 15 is 0 Å². The summed E-state index contributed by atoms with van der Waals surface area (Å²) in [6, 6.07) is 0. The van der Waals surface area contributed by atoms with Crippen molar-refractivity contribution in [1.82, 2.24) is 15.5 Å². The van der Waals surface area contributed by atoms with Crippen LogP contribution < -0.4 is 16.0 Å². The summed E-state index contributed by atoms with van der Waals surface area (Å²) >= 11 is 1.06. The molecule has 0 atom stereocenters. The molecule has 31 heavy (non-hydrogen) atoms. The fourth-order valence-corrected chi connectivity index (χ4v) is 3.21. The average molecular weight is 461 g/mol. The van der Waals surface area contributed by atoms with E-state index in [0.29, 0.717) is 22.0 Å². The third-order valence-electron chi connectivity index (χ3n) is 3.52. The van der Waals surface area contributed by atoms with Crippen molar-refractivity contribution in [1.29, 1.82) is 0 Å². The Balaban J connectivity index is 0.00000131. The number of carboxylic acid groups (broad SMARTS) is 2. The fraction of sp³-hybridized carbons (Fsp3) is 0.500. The zero-order valence-electron chi connectivity index (χ0n) is 18.0. The first-order valence-electron chi connectivity index (χ1n) is 9.10. The summed E-state index contributed by atoms with van der Waals surface area (Å²) in [5.74, 6) is -4.79. The lowest BCUT2D eigenvalue weighted by Gasteiger charge is -2.10. The minimum Gasteiger partial charge on any atom is -0.473 e. The Hall–Kier alpha value is -3.03. The maximum absolute atomic E-state index is 12.2. The maximum Gasteiger partial charge on any atom is 0.414 e. The molecule has 13 heteroatoms. The Morgan fingerprint density at radius 1 is 1.10 bits per heavy atom. The van der Waals surface area contributed by atoms with Gasteiger partial charge in [0.25, 0.3) is 5.91 Å². The molecule has 0 aromatic carbocycles. The molecule has 0 aliphatic heterocycles. The zero-order chi connectivity index (χ0) is 24.1. The normalized spacial score (nSPS) is 10.0. The first-order chi connectivity index (χ1) is 14.5. The summed E-state index contributed by atoms with van der Waals surface area (Å²) < 4.78 is 5.05. The maximum atomic E-state index is 12.2. The largest absolute Gasteiger partial charge is 0.473 e. The summed E-state index contributed by atoms with van der Waals surface area (Å²) in [6.07, 6.45) is 0. The van der Waals surface area contributed by atoms with E-state index in [1.807, 2.05) is 19.0 Å². The summed E-state index contributed by atoms with van der Waals surface area (Å²) in [5, 5.41) is 23.4. The van der Waals surface area contributed by atoms with Crippen molar-refractivity contribution < 1.29 is 38.9 Å². The highest BCUT2D eigenvalue weighted by Crippen LogP contribution is 2.33. The van der Waals surface area contributed by atoms with E-state index in [1.165, 1.54) is 7.05 Å². The van der Waals surface area contributed by atoms with Gasteiger partial charge in [0.15, 0.2) is 0 Å². The number of carbonyl (C=O) groups is 5. The number of nitrogens with zero attached hydrogens (tertiary/aromatic N) is 1. The van der Waals surface area contributed by atoms with Gasteiger partial charge >= 0.3 is 17.9 Å². The van der Waals surface area contributed by atoms with Crippen LogP contribution in [0.25, 0.3) is 0 Å². The zero-order valence-corrected chi connectivity index (χ0v) is 18.8. The van der Waals surface area contributed by atoms with Crippen LogP contribution in [0.3, 0.4) is 0 Å². The van der Waals surface area contributed by atoms with Crippen molar-refractivity contribution in [3.8, 4) is 0 Å². The van der Waals surface area contributed by atoms with Crippen LogP contribution in [0.1, 0.15) is 32.5 Å². The van der Waals surface area contributed by atoms with E-state index in [4.69, 9.17) is 24.5 Å². The van der Waals surface area contributed by atoms with E-state index in [9.17, 15) is 14.4 Å². The molecule has 2 amide bonds. The predicted octanol–water partition coefficient (Wildman–Crippen LogP) is -0.162. The molecule has 174 valence electrons. The molecule has 12 nitrogen and oxygen atoms in total. The molecule has 0 unspecified atom stereocenters. The second kappa shape index (κ2) is 14.1. The highest BCUT2D eigenvalue weighted by atomic mass is 32.1. The van der Waals surface area contributed by atoms with Crippen molar-refractivity contribution in [2.75, 3.05) is 52.7 Å². The molecule has 0 aliphatic carbocycles. The van der Waals surface area contributed by atoms with Crippen LogP contribution in [-0.4, -0.2) is 92.2 Å². The van der Waals surface area contributed by atoms with Gasteiger partial charge in [-0.3, -0.25) is 9.59 Å². The van der Waals surface area contributed by atoms with Crippen LogP contribution in [0.15, 0.2) is 0 Å². The van der Waals surface area contributed by atoms with Gasteiger partial charge in [0.1, 0.15) is 5.00 Å². The molecular formula is C18H28N4O8S. The molecule has 1 rings (SSSR count). The number of aliphatic carboxylic acids is 2. The van der Waals surface area contributed by atoms with Gasteiger partial charge in [-0.05, 0) is 33.5 Å². The van der Waals surface area contributed by atoms with Crippen LogP contribution in [0.2, 0.25) is 0 Å². The van der Waals surface area contributed by atoms with Gasteiger partial charge in [0.05, 0.1) is 23.6 Å². The van der Waals surface area contributed by atoms with Crippen molar-refractivity contribution >= 4 is 46.1 Å². The summed E-state index contributed by atoms with van der Waals surface area (Å²) in [7, 11) is 5.41. The number of amides is 2. The molecule has 0 bridgehead atoms. The molecule has 1 aromatic heterocycles. The van der Waals surface area contributed by atoms with Gasteiger partial charge < -0.3 is 35.8 Å². The van der Waals surface area contributed by atoms with Crippen molar-refractivity contribution in [3.63, 3.8) is 0 Å². The summed E-state index contributed by atoms with van der Waals surface area (Å²) in [4.78, 5) is 56.9. The lowest BCUT2D eigenvalue weighted by molar-refractivity contribution is -0.159. The molecule has 5 N–H and O–H groups in total. The molecule has 0 fully saturated rings. The third kappa shape index (κ3) is 10.0. The van der Waals surface area contributed by atoms with Crippen molar-refractivity contribution in [2.24, 2.45) is 0 Å². The standard InChI is InChI=1S/C16H26N4O4S.C2H2O4/c1-6-24-16(23)12-10(2)13(14(22)17-3)25-15(12)19-11(21)9-18-7-8-20(4)5;3-1(4)2(5)6/h18H,6-9H2,1-5H3,(H,17,22)(H,19,21);(H,3,4)(H,5,6). The average Bonchev–Trinajstić information content (AvgIpc) is 3.00. The van der Waals surface area contributed by atoms with E-state index in [-0.39, 0.29) is 30.5 Å². The second-order valence-electron chi connectivity index (χ2n) is 6.20. The number of carbonyl (C=O) groups excluding carboxylic acids is 3. The minimum atomic E-state index is -1.82. The van der Waals surface area contributed by atoms with Gasteiger partial charge in [-0.2, -0.15) is 0 Å². The number of likely N-dealkylation sites (N-methyl/N-ethyl adjacent to an activating group) is 1. The number of carboxylic acids is 2. The van der Waals surface area contributed by atoms with Gasteiger partial charge in [0, 0.05) is 20.1 Å². The van der Waals surface area contributed by atoms with Gasteiger partial charge in [-0.15, -0.1) is 11.3 Å². The smallest absolute Gasteiger partial charge is 0.414 e. The Bertz CT molecular complexity index is 795.